The molecule has 0 radical (unpaired) electrons. The van der Waals surface area contributed by atoms with E-state index >= 15 is 0 Å². The number of hydrogen-bond acceptors (Lipinski definition) is 8. The lowest BCUT2D eigenvalue weighted by molar-refractivity contribution is -0.390. The van der Waals surface area contributed by atoms with E-state index < -0.39 is 43.0 Å². The molecule has 1 rings (SSSR count). The van der Waals surface area contributed by atoms with E-state index in [0.717, 1.165) is 32.1 Å². The van der Waals surface area contributed by atoms with Crippen molar-refractivity contribution in [3.05, 3.63) is 0 Å². The van der Waals surface area contributed by atoms with Crippen LogP contribution in [0.1, 0.15) is 51.9 Å². The summed E-state index contributed by atoms with van der Waals surface area (Å²) in [5, 5.41) is 47.9. The minimum Gasteiger partial charge on any atom is -0.433 e. The molecule has 0 aromatic carbocycles. The van der Waals surface area contributed by atoms with Gasteiger partial charge in [0.25, 0.3) is 0 Å². The second-order valence-electron chi connectivity index (χ2n) is 5.92. The normalized spacial score (nSPS) is 34.3. The van der Waals surface area contributed by atoms with E-state index in [9.17, 15) is 25.2 Å². The smallest absolute Gasteiger partial charge is 0.308 e. The molecule has 8 heteroatoms. The lowest BCUT2D eigenvalue weighted by Crippen LogP contribution is -2.66. The topological polar surface area (TPSA) is 137 Å². The zero-order valence-corrected chi connectivity index (χ0v) is 13.4. The summed E-state index contributed by atoms with van der Waals surface area (Å²) in [6.07, 6.45) is -1.04. The Kier molecular flexibility index (Phi) is 8.38. The van der Waals surface area contributed by atoms with Crippen molar-refractivity contribution in [2.24, 2.45) is 0 Å². The van der Waals surface area contributed by atoms with Crippen LogP contribution in [0.2, 0.25) is 0 Å². The number of esters is 1. The van der Waals surface area contributed by atoms with Crippen molar-refractivity contribution in [1.29, 1.82) is 0 Å². The molecule has 1 unspecified atom stereocenters. The predicted molar refractivity (Wildman–Crippen MR) is 79.0 cm³/mol. The van der Waals surface area contributed by atoms with Crippen LogP contribution in [0.15, 0.2) is 0 Å². The van der Waals surface area contributed by atoms with Crippen molar-refractivity contribution in [3.8, 4) is 0 Å². The number of ether oxygens (including phenoxy) is 2. The average Bonchev–Trinajstić information content (AvgIpc) is 2.54. The monoisotopic (exact) mass is 336 g/mol. The molecule has 0 aromatic rings. The summed E-state index contributed by atoms with van der Waals surface area (Å²) in [5.41, 5.74) is 0. The second-order valence-corrected chi connectivity index (χ2v) is 5.92. The van der Waals surface area contributed by atoms with Crippen LogP contribution >= 0.6 is 0 Å². The van der Waals surface area contributed by atoms with Crippen LogP contribution in [0.3, 0.4) is 0 Å². The molecule has 23 heavy (non-hydrogen) atoms. The molecular weight excluding hydrogens is 308 g/mol. The van der Waals surface area contributed by atoms with Gasteiger partial charge in [-0.25, -0.2) is 0 Å². The van der Waals surface area contributed by atoms with Gasteiger partial charge in [-0.2, -0.15) is 0 Å². The van der Waals surface area contributed by atoms with Gasteiger partial charge in [0.05, 0.1) is 6.61 Å². The van der Waals surface area contributed by atoms with Gasteiger partial charge in [-0.3, -0.25) is 4.79 Å². The van der Waals surface area contributed by atoms with E-state index in [1.807, 2.05) is 0 Å². The molecular formula is C15H28O8. The van der Waals surface area contributed by atoms with E-state index in [-0.39, 0.29) is 6.42 Å². The predicted octanol–water partition coefficient (Wildman–Crippen LogP) is -0.600. The van der Waals surface area contributed by atoms with Gasteiger partial charge in [-0.15, -0.1) is 0 Å². The Morgan fingerprint density at radius 3 is 2.30 bits per heavy atom. The van der Waals surface area contributed by atoms with E-state index in [1.54, 1.807) is 0 Å². The first kappa shape index (κ1) is 20.3. The van der Waals surface area contributed by atoms with E-state index in [0.29, 0.717) is 6.42 Å². The second kappa shape index (κ2) is 9.51. The minimum atomic E-state index is -2.50. The van der Waals surface area contributed by atoms with E-state index in [2.05, 4.69) is 6.92 Å². The molecule has 136 valence electrons. The number of rotatable bonds is 9. The Hall–Kier alpha value is -0.770. The third kappa shape index (κ3) is 5.66. The highest BCUT2D eigenvalue weighted by Gasteiger charge is 2.53. The molecule has 1 saturated heterocycles. The summed E-state index contributed by atoms with van der Waals surface area (Å²) in [6, 6.07) is 0. The fraction of sp³-hybridized carbons (Fsp3) is 0.933. The first-order chi connectivity index (χ1) is 10.9. The molecule has 1 aliphatic rings. The fourth-order valence-corrected chi connectivity index (χ4v) is 2.42. The van der Waals surface area contributed by atoms with Crippen LogP contribution in [0, 0.1) is 0 Å². The quantitative estimate of drug-likeness (QED) is 0.278. The number of carbonyl (C=O) groups is 1. The van der Waals surface area contributed by atoms with Crippen molar-refractivity contribution in [3.63, 3.8) is 0 Å². The summed E-state index contributed by atoms with van der Waals surface area (Å²) < 4.78 is 9.74. The highest BCUT2D eigenvalue weighted by molar-refractivity contribution is 5.69. The van der Waals surface area contributed by atoms with Crippen LogP contribution in [0.25, 0.3) is 0 Å². The maximum absolute atomic E-state index is 11.7. The van der Waals surface area contributed by atoms with Crippen LogP contribution in [-0.2, 0) is 14.3 Å². The van der Waals surface area contributed by atoms with Crippen LogP contribution in [0.5, 0.6) is 0 Å². The molecule has 1 aliphatic heterocycles. The van der Waals surface area contributed by atoms with Crippen molar-refractivity contribution in [2.45, 2.75) is 82.3 Å². The standard InChI is InChI=1S/C15H28O8/c1-2-3-4-5-6-7-8-10(17)22-14-12(19)11(18)13(20)15(21,9-16)23-14/h11-14,16,18-21H,2-9H2,1H3/t11-,12+,13+,14?,15+/m1/s1. The molecule has 0 spiro atoms. The molecule has 0 aliphatic carbocycles. The van der Waals surface area contributed by atoms with Crippen molar-refractivity contribution < 1.29 is 39.8 Å². The molecule has 0 amide bonds. The van der Waals surface area contributed by atoms with Gasteiger partial charge >= 0.3 is 5.97 Å². The summed E-state index contributed by atoms with van der Waals surface area (Å²) in [4.78, 5) is 11.7. The summed E-state index contributed by atoms with van der Waals surface area (Å²) >= 11 is 0. The molecule has 1 heterocycles. The lowest BCUT2D eigenvalue weighted by atomic mass is 9.96. The molecule has 1 fully saturated rings. The first-order valence-electron chi connectivity index (χ1n) is 8.10. The van der Waals surface area contributed by atoms with E-state index in [4.69, 9.17) is 14.6 Å². The molecule has 0 saturated carbocycles. The van der Waals surface area contributed by atoms with Gasteiger partial charge in [0.2, 0.25) is 12.1 Å². The SMILES string of the molecule is CCCCCCCCC(=O)OC1O[C@@](O)(CO)[C@@H](O)[C@H](O)[C@@H]1O. The van der Waals surface area contributed by atoms with Gasteiger partial charge in [-0.1, -0.05) is 39.0 Å². The molecule has 5 N–H and O–H groups in total. The summed E-state index contributed by atoms with van der Waals surface area (Å²) in [5.74, 6) is -3.14. The van der Waals surface area contributed by atoms with Crippen molar-refractivity contribution in [2.75, 3.05) is 6.61 Å². The Labute approximate surface area is 135 Å². The maximum atomic E-state index is 11.7. The van der Waals surface area contributed by atoms with Gasteiger partial charge in [-0.05, 0) is 6.42 Å². The highest BCUT2D eigenvalue weighted by Crippen LogP contribution is 2.28. The third-order valence-corrected chi connectivity index (χ3v) is 3.94. The fourth-order valence-electron chi connectivity index (χ4n) is 2.42. The first-order valence-corrected chi connectivity index (χ1v) is 8.10. The maximum Gasteiger partial charge on any atom is 0.308 e. The van der Waals surface area contributed by atoms with Gasteiger partial charge in [0.15, 0.2) is 0 Å². The van der Waals surface area contributed by atoms with E-state index in [1.165, 1.54) is 0 Å². The highest BCUT2D eigenvalue weighted by atomic mass is 16.8. The van der Waals surface area contributed by atoms with Crippen molar-refractivity contribution >= 4 is 5.97 Å². The lowest BCUT2D eigenvalue weighted by Gasteiger charge is -2.43. The van der Waals surface area contributed by atoms with Crippen LogP contribution in [0.4, 0.5) is 0 Å². The number of carbonyl (C=O) groups excluding carboxylic acids is 1. The van der Waals surface area contributed by atoms with Crippen LogP contribution in [-0.4, -0.2) is 68.5 Å². The summed E-state index contributed by atoms with van der Waals surface area (Å²) in [6.45, 7) is 1.09. The minimum absolute atomic E-state index is 0.120. The number of unbranched alkanes of at least 4 members (excludes halogenated alkanes) is 5. The Bertz CT molecular complexity index is 363. The third-order valence-electron chi connectivity index (χ3n) is 3.94. The van der Waals surface area contributed by atoms with Crippen LogP contribution < -0.4 is 0 Å². The zero-order chi connectivity index (χ0) is 17.5. The molecule has 5 atom stereocenters. The summed E-state index contributed by atoms with van der Waals surface area (Å²) in [7, 11) is 0. The Morgan fingerprint density at radius 1 is 1.09 bits per heavy atom. The number of aliphatic hydroxyl groups excluding tert-OH is 4. The average molecular weight is 336 g/mol. The van der Waals surface area contributed by atoms with Gasteiger partial charge in [0, 0.05) is 6.42 Å². The molecule has 8 nitrogen and oxygen atoms in total. The zero-order valence-electron chi connectivity index (χ0n) is 13.4. The molecule has 0 bridgehead atoms. The number of hydrogen-bond donors (Lipinski definition) is 5. The Morgan fingerprint density at radius 2 is 1.70 bits per heavy atom. The van der Waals surface area contributed by atoms with Gasteiger partial charge in [0.1, 0.15) is 18.3 Å². The van der Waals surface area contributed by atoms with Gasteiger partial charge < -0.3 is 35.0 Å². The number of aliphatic hydroxyl groups is 5. The Balaban J connectivity index is 2.41. The largest absolute Gasteiger partial charge is 0.433 e. The molecule has 0 aromatic heterocycles. The van der Waals surface area contributed by atoms with Crippen molar-refractivity contribution in [1.82, 2.24) is 0 Å².